The van der Waals surface area contributed by atoms with Gasteiger partial charge < -0.3 is 10.8 Å². The molecular formula is C9H7N3O. The minimum Gasteiger partial charge on any atom is -0.392 e. The number of nitrogens with zero attached hydrogens (tertiary/aromatic N) is 2. The third kappa shape index (κ3) is 2.19. The van der Waals surface area contributed by atoms with Gasteiger partial charge in [0.1, 0.15) is 5.82 Å². The first-order chi connectivity index (χ1) is 6.27. The van der Waals surface area contributed by atoms with Crippen molar-refractivity contribution in [1.29, 1.82) is 5.26 Å². The largest absolute Gasteiger partial charge is 0.392 e. The van der Waals surface area contributed by atoms with Crippen molar-refractivity contribution in [3.8, 4) is 17.9 Å². The third-order valence-electron chi connectivity index (χ3n) is 1.43. The number of nitrogens with two attached hydrogens (primary N) is 1. The molecule has 1 heterocycles. The van der Waals surface area contributed by atoms with Gasteiger partial charge in [-0.15, -0.1) is 0 Å². The summed E-state index contributed by atoms with van der Waals surface area (Å²) < 4.78 is 0. The molecule has 13 heavy (non-hydrogen) atoms. The minimum atomic E-state index is -0.180. The van der Waals surface area contributed by atoms with E-state index in [1.807, 2.05) is 0 Å². The summed E-state index contributed by atoms with van der Waals surface area (Å²) in [6.45, 7) is -0.180. The van der Waals surface area contributed by atoms with Gasteiger partial charge in [-0.1, -0.05) is 0 Å². The molecule has 0 spiro atoms. The normalized spacial score (nSPS) is 8.31. The van der Waals surface area contributed by atoms with Gasteiger partial charge >= 0.3 is 0 Å². The molecule has 0 bridgehead atoms. The zero-order valence-corrected chi connectivity index (χ0v) is 6.78. The Morgan fingerprint density at radius 1 is 1.62 bits per heavy atom. The summed E-state index contributed by atoms with van der Waals surface area (Å²) in [5.74, 6) is 5.07. The molecule has 1 rings (SSSR count). The molecule has 0 aliphatic carbocycles. The van der Waals surface area contributed by atoms with E-state index in [4.69, 9.17) is 16.1 Å². The first kappa shape index (κ1) is 9.05. The Morgan fingerprint density at radius 3 is 3.00 bits per heavy atom. The van der Waals surface area contributed by atoms with Gasteiger partial charge in [0, 0.05) is 23.2 Å². The van der Waals surface area contributed by atoms with Crippen LogP contribution in [0.1, 0.15) is 11.1 Å². The van der Waals surface area contributed by atoms with Crippen LogP contribution in [-0.4, -0.2) is 10.1 Å². The highest BCUT2D eigenvalue weighted by molar-refractivity contribution is 5.46. The number of aromatic nitrogens is 1. The highest BCUT2D eigenvalue weighted by atomic mass is 16.3. The van der Waals surface area contributed by atoms with Crippen LogP contribution >= 0.6 is 0 Å². The van der Waals surface area contributed by atoms with Gasteiger partial charge in [-0.05, 0) is 12.0 Å². The Balaban J connectivity index is 3.08. The van der Waals surface area contributed by atoms with E-state index in [9.17, 15) is 0 Å². The molecule has 64 valence electrons. The second-order valence-electron chi connectivity index (χ2n) is 2.29. The van der Waals surface area contributed by atoms with Crippen molar-refractivity contribution in [2.24, 2.45) is 0 Å². The number of rotatable bonds is 1. The minimum absolute atomic E-state index is 0.180. The van der Waals surface area contributed by atoms with Crippen LogP contribution in [0, 0.1) is 23.2 Å². The standard InChI is InChI=1S/C9H7N3O/c10-3-1-2-7-4-8(6-13)9(11)12-5-7/h4-5,13H,6H2,(H2,11,12). The maximum absolute atomic E-state index is 8.84. The van der Waals surface area contributed by atoms with Crippen LogP contribution in [0.3, 0.4) is 0 Å². The van der Waals surface area contributed by atoms with Crippen LogP contribution in [0.25, 0.3) is 0 Å². The molecule has 0 amide bonds. The Kier molecular flexibility index (Phi) is 2.86. The van der Waals surface area contributed by atoms with Gasteiger partial charge in [-0.25, -0.2) is 4.98 Å². The van der Waals surface area contributed by atoms with Gasteiger partial charge in [0.05, 0.1) is 6.61 Å². The number of anilines is 1. The molecule has 1 aromatic heterocycles. The van der Waals surface area contributed by atoms with Gasteiger partial charge in [0.15, 0.2) is 6.07 Å². The summed E-state index contributed by atoms with van der Waals surface area (Å²) in [6, 6.07) is 3.29. The van der Waals surface area contributed by atoms with E-state index in [1.165, 1.54) is 6.20 Å². The predicted octanol–water partition coefficient (Wildman–Crippen LogP) is 0.0312. The average molecular weight is 173 g/mol. The van der Waals surface area contributed by atoms with Crippen LogP contribution in [0.15, 0.2) is 12.3 Å². The smallest absolute Gasteiger partial charge is 0.152 e. The van der Waals surface area contributed by atoms with E-state index in [-0.39, 0.29) is 12.4 Å². The fourth-order valence-electron chi connectivity index (χ4n) is 0.816. The molecule has 0 aromatic carbocycles. The summed E-state index contributed by atoms with van der Waals surface area (Å²) in [5, 5.41) is 17.0. The molecule has 3 N–H and O–H groups in total. The van der Waals surface area contributed by atoms with Crippen LogP contribution in [-0.2, 0) is 6.61 Å². The Morgan fingerprint density at radius 2 is 2.38 bits per heavy atom. The summed E-state index contributed by atoms with van der Waals surface area (Å²) in [6.07, 6.45) is 1.46. The van der Waals surface area contributed by atoms with Crippen molar-refractivity contribution in [2.75, 3.05) is 5.73 Å². The van der Waals surface area contributed by atoms with Crippen LogP contribution in [0.2, 0.25) is 0 Å². The molecular weight excluding hydrogens is 166 g/mol. The molecule has 4 nitrogen and oxygen atoms in total. The number of nitriles is 1. The van der Waals surface area contributed by atoms with Crippen LogP contribution < -0.4 is 5.73 Å². The predicted molar refractivity (Wildman–Crippen MR) is 47.1 cm³/mol. The van der Waals surface area contributed by atoms with Crippen molar-refractivity contribution in [3.05, 3.63) is 23.4 Å². The summed E-state index contributed by atoms with van der Waals surface area (Å²) in [5.41, 5.74) is 6.53. The monoisotopic (exact) mass is 173 g/mol. The quantitative estimate of drug-likeness (QED) is 0.587. The molecule has 0 fully saturated rings. The van der Waals surface area contributed by atoms with Crippen molar-refractivity contribution in [2.45, 2.75) is 6.61 Å². The van der Waals surface area contributed by atoms with E-state index in [0.717, 1.165) is 0 Å². The fourth-order valence-corrected chi connectivity index (χ4v) is 0.816. The first-order valence-corrected chi connectivity index (χ1v) is 3.53. The van der Waals surface area contributed by atoms with Gasteiger partial charge in [0.2, 0.25) is 0 Å². The maximum atomic E-state index is 8.84. The lowest BCUT2D eigenvalue weighted by Crippen LogP contribution is -1.97. The van der Waals surface area contributed by atoms with Crippen LogP contribution in [0.4, 0.5) is 5.82 Å². The van der Waals surface area contributed by atoms with Crippen molar-refractivity contribution < 1.29 is 5.11 Å². The van der Waals surface area contributed by atoms with E-state index in [1.54, 1.807) is 12.1 Å². The lowest BCUT2D eigenvalue weighted by molar-refractivity contribution is 0.282. The van der Waals surface area contributed by atoms with Gasteiger partial charge in [-0.3, -0.25) is 0 Å². The number of aliphatic hydroxyl groups is 1. The number of nitrogen functional groups attached to an aromatic ring is 1. The fraction of sp³-hybridized carbons (Fsp3) is 0.111. The van der Waals surface area contributed by atoms with Crippen LogP contribution in [0.5, 0.6) is 0 Å². The zero-order valence-electron chi connectivity index (χ0n) is 6.78. The van der Waals surface area contributed by atoms with Gasteiger partial charge in [0.25, 0.3) is 0 Å². The number of aliphatic hydroxyl groups excluding tert-OH is 1. The number of hydrogen-bond acceptors (Lipinski definition) is 4. The average Bonchev–Trinajstić information content (AvgIpc) is 2.16. The second kappa shape index (κ2) is 4.10. The van der Waals surface area contributed by atoms with Crippen molar-refractivity contribution in [1.82, 2.24) is 4.98 Å². The third-order valence-corrected chi connectivity index (χ3v) is 1.43. The molecule has 0 atom stereocenters. The first-order valence-electron chi connectivity index (χ1n) is 3.53. The van der Waals surface area contributed by atoms with E-state index < -0.39 is 0 Å². The highest BCUT2D eigenvalue weighted by Gasteiger charge is 1.98. The SMILES string of the molecule is N#CC#Cc1cnc(N)c(CO)c1. The topological polar surface area (TPSA) is 82.9 Å². The number of hydrogen-bond donors (Lipinski definition) is 2. The molecule has 0 radical (unpaired) electrons. The summed E-state index contributed by atoms with van der Waals surface area (Å²) in [4.78, 5) is 3.81. The lowest BCUT2D eigenvalue weighted by Gasteiger charge is -2.00. The Labute approximate surface area is 75.6 Å². The second-order valence-corrected chi connectivity index (χ2v) is 2.29. The van der Waals surface area contributed by atoms with E-state index >= 15 is 0 Å². The number of pyridine rings is 1. The molecule has 0 unspecified atom stereocenters. The van der Waals surface area contributed by atoms with E-state index in [2.05, 4.69) is 16.8 Å². The zero-order chi connectivity index (χ0) is 9.68. The Hall–Kier alpha value is -2.04. The molecule has 4 heteroatoms. The molecule has 0 aliphatic heterocycles. The summed E-state index contributed by atoms with van der Waals surface area (Å²) in [7, 11) is 0. The Bertz CT molecular complexity index is 409. The van der Waals surface area contributed by atoms with E-state index in [0.29, 0.717) is 11.1 Å². The maximum Gasteiger partial charge on any atom is 0.152 e. The van der Waals surface area contributed by atoms with Gasteiger partial charge in [-0.2, -0.15) is 5.26 Å². The molecule has 0 saturated carbocycles. The van der Waals surface area contributed by atoms with Crippen molar-refractivity contribution in [3.63, 3.8) is 0 Å². The summed E-state index contributed by atoms with van der Waals surface area (Å²) >= 11 is 0. The molecule has 0 aliphatic rings. The molecule has 0 saturated heterocycles. The lowest BCUT2D eigenvalue weighted by atomic mass is 10.2. The highest BCUT2D eigenvalue weighted by Crippen LogP contribution is 2.09. The molecule has 1 aromatic rings. The van der Waals surface area contributed by atoms with Crippen molar-refractivity contribution >= 4 is 5.82 Å².